The zero-order chi connectivity index (χ0) is 9.84. The van der Waals surface area contributed by atoms with Crippen molar-refractivity contribution in [2.24, 2.45) is 11.7 Å². The van der Waals surface area contributed by atoms with E-state index in [0.29, 0.717) is 5.84 Å². The summed E-state index contributed by atoms with van der Waals surface area (Å²) in [6, 6.07) is 0. The first-order chi connectivity index (χ1) is 6.09. The van der Waals surface area contributed by atoms with Gasteiger partial charge >= 0.3 is 0 Å². The van der Waals surface area contributed by atoms with Crippen LogP contribution in [0, 0.1) is 11.3 Å². The third-order valence-electron chi connectivity index (χ3n) is 2.66. The van der Waals surface area contributed by atoms with Crippen molar-refractivity contribution in [3.05, 3.63) is 0 Å². The molecule has 1 aliphatic heterocycles. The molecule has 0 radical (unpaired) electrons. The third kappa shape index (κ3) is 3.32. The summed E-state index contributed by atoms with van der Waals surface area (Å²) < 4.78 is 0. The van der Waals surface area contributed by atoms with Gasteiger partial charge in [-0.05, 0) is 7.05 Å². The highest BCUT2D eigenvalue weighted by Crippen LogP contribution is 2.03. The van der Waals surface area contributed by atoms with Crippen LogP contribution < -0.4 is 5.73 Å². The molecule has 4 heteroatoms. The van der Waals surface area contributed by atoms with Gasteiger partial charge in [-0.1, -0.05) is 6.92 Å². The van der Waals surface area contributed by atoms with Gasteiger partial charge in [0.15, 0.2) is 0 Å². The zero-order valence-corrected chi connectivity index (χ0v) is 8.58. The molecule has 3 N–H and O–H groups in total. The minimum atomic E-state index is 0.198. The molecule has 76 valence electrons. The molecule has 0 aliphatic carbocycles. The number of nitrogens with two attached hydrogens (primary N) is 1. The summed E-state index contributed by atoms with van der Waals surface area (Å²) in [4.78, 5) is 4.71. The van der Waals surface area contributed by atoms with E-state index in [9.17, 15) is 0 Å². The van der Waals surface area contributed by atoms with E-state index in [2.05, 4.69) is 16.8 Å². The first-order valence-electron chi connectivity index (χ1n) is 4.84. The SMILES string of the molecule is CC(CN1CCN(C)CC1)C(=N)N. The molecule has 1 fully saturated rings. The van der Waals surface area contributed by atoms with Gasteiger partial charge in [0, 0.05) is 38.6 Å². The third-order valence-corrected chi connectivity index (χ3v) is 2.66. The molecule has 1 heterocycles. The lowest BCUT2D eigenvalue weighted by atomic mass is 10.1. The second kappa shape index (κ2) is 4.58. The van der Waals surface area contributed by atoms with E-state index < -0.39 is 0 Å². The van der Waals surface area contributed by atoms with Gasteiger partial charge in [-0.25, -0.2) is 0 Å². The van der Waals surface area contributed by atoms with Crippen molar-refractivity contribution < 1.29 is 0 Å². The smallest absolute Gasteiger partial charge is 0.0947 e. The van der Waals surface area contributed by atoms with Crippen LogP contribution in [0.15, 0.2) is 0 Å². The Kier molecular flexibility index (Phi) is 3.69. The predicted molar refractivity (Wildman–Crippen MR) is 55.0 cm³/mol. The maximum atomic E-state index is 7.30. The quantitative estimate of drug-likeness (QED) is 0.472. The monoisotopic (exact) mass is 184 g/mol. The molecule has 0 aromatic rings. The van der Waals surface area contributed by atoms with E-state index in [1.165, 1.54) is 0 Å². The van der Waals surface area contributed by atoms with Gasteiger partial charge in [0.05, 0.1) is 5.84 Å². The van der Waals surface area contributed by atoms with Crippen LogP contribution in [0.3, 0.4) is 0 Å². The average Bonchev–Trinajstić information content (AvgIpc) is 2.08. The van der Waals surface area contributed by atoms with Crippen LogP contribution in [0.4, 0.5) is 0 Å². The Balaban J connectivity index is 2.26. The van der Waals surface area contributed by atoms with Gasteiger partial charge in [0.25, 0.3) is 0 Å². The number of hydrogen-bond donors (Lipinski definition) is 2. The van der Waals surface area contributed by atoms with Crippen LogP contribution in [-0.2, 0) is 0 Å². The molecule has 0 bridgehead atoms. The van der Waals surface area contributed by atoms with Gasteiger partial charge in [-0.3, -0.25) is 5.41 Å². The number of nitrogens with one attached hydrogen (secondary N) is 1. The predicted octanol–water partition coefficient (Wildman–Crippen LogP) is -0.194. The van der Waals surface area contributed by atoms with E-state index in [1.54, 1.807) is 0 Å². The molecule has 1 saturated heterocycles. The highest BCUT2D eigenvalue weighted by atomic mass is 15.2. The summed E-state index contributed by atoms with van der Waals surface area (Å²) in [6.07, 6.45) is 0. The minimum Gasteiger partial charge on any atom is -0.387 e. The number of piperazine rings is 1. The summed E-state index contributed by atoms with van der Waals surface area (Å²) in [5, 5.41) is 7.30. The van der Waals surface area contributed by atoms with E-state index in [0.717, 1.165) is 32.7 Å². The topological polar surface area (TPSA) is 56.4 Å². The highest BCUT2D eigenvalue weighted by molar-refractivity contribution is 5.79. The van der Waals surface area contributed by atoms with Crippen molar-refractivity contribution in [3.8, 4) is 0 Å². The normalized spacial score (nSPS) is 22.9. The first kappa shape index (κ1) is 10.5. The number of hydrogen-bond acceptors (Lipinski definition) is 3. The second-order valence-corrected chi connectivity index (χ2v) is 3.96. The number of amidine groups is 1. The minimum absolute atomic E-state index is 0.198. The average molecular weight is 184 g/mol. The molecular weight excluding hydrogens is 164 g/mol. The van der Waals surface area contributed by atoms with Crippen molar-refractivity contribution in [1.82, 2.24) is 9.80 Å². The summed E-state index contributed by atoms with van der Waals surface area (Å²) >= 11 is 0. The van der Waals surface area contributed by atoms with E-state index in [4.69, 9.17) is 11.1 Å². The number of likely N-dealkylation sites (N-methyl/N-ethyl adjacent to an activating group) is 1. The lowest BCUT2D eigenvalue weighted by Gasteiger charge is -2.33. The highest BCUT2D eigenvalue weighted by Gasteiger charge is 2.16. The van der Waals surface area contributed by atoms with Crippen LogP contribution in [0.25, 0.3) is 0 Å². The fourth-order valence-corrected chi connectivity index (χ4v) is 1.52. The molecule has 0 saturated carbocycles. The fourth-order valence-electron chi connectivity index (χ4n) is 1.52. The lowest BCUT2D eigenvalue weighted by Crippen LogP contribution is -2.47. The summed E-state index contributed by atoms with van der Waals surface area (Å²) in [5.74, 6) is 0.502. The standard InChI is InChI=1S/C9H20N4/c1-8(9(10)11)7-13-5-3-12(2)4-6-13/h8H,3-7H2,1-2H3,(H3,10,11). The van der Waals surface area contributed by atoms with Crippen LogP contribution in [0.2, 0.25) is 0 Å². The fraction of sp³-hybridized carbons (Fsp3) is 0.889. The Labute approximate surface area is 80.2 Å². The Hall–Kier alpha value is -0.610. The molecule has 0 amide bonds. The molecule has 0 aromatic heterocycles. The molecule has 1 rings (SSSR count). The molecule has 1 unspecified atom stereocenters. The Morgan fingerprint density at radius 3 is 2.38 bits per heavy atom. The van der Waals surface area contributed by atoms with Gasteiger partial charge in [-0.15, -0.1) is 0 Å². The van der Waals surface area contributed by atoms with E-state index in [-0.39, 0.29) is 5.92 Å². The lowest BCUT2D eigenvalue weighted by molar-refractivity contribution is 0.147. The molecule has 13 heavy (non-hydrogen) atoms. The van der Waals surface area contributed by atoms with Crippen molar-refractivity contribution in [2.75, 3.05) is 39.8 Å². The van der Waals surface area contributed by atoms with Crippen LogP contribution >= 0.6 is 0 Å². The maximum absolute atomic E-state index is 7.30. The maximum Gasteiger partial charge on any atom is 0.0947 e. The molecular formula is C9H20N4. The van der Waals surface area contributed by atoms with Gasteiger partial charge in [0.2, 0.25) is 0 Å². The van der Waals surface area contributed by atoms with E-state index in [1.807, 2.05) is 6.92 Å². The zero-order valence-electron chi connectivity index (χ0n) is 8.58. The molecule has 0 spiro atoms. The number of nitrogens with zero attached hydrogens (tertiary/aromatic N) is 2. The van der Waals surface area contributed by atoms with Crippen molar-refractivity contribution in [1.29, 1.82) is 5.41 Å². The Bertz CT molecular complexity index is 172. The summed E-state index contributed by atoms with van der Waals surface area (Å²) in [5.41, 5.74) is 5.43. The van der Waals surface area contributed by atoms with Crippen LogP contribution in [0.5, 0.6) is 0 Å². The van der Waals surface area contributed by atoms with E-state index >= 15 is 0 Å². The van der Waals surface area contributed by atoms with Gasteiger partial charge in [-0.2, -0.15) is 0 Å². The van der Waals surface area contributed by atoms with Crippen molar-refractivity contribution >= 4 is 5.84 Å². The van der Waals surface area contributed by atoms with Gasteiger partial charge < -0.3 is 15.5 Å². The largest absolute Gasteiger partial charge is 0.387 e. The summed E-state index contributed by atoms with van der Waals surface area (Å²) in [6.45, 7) is 7.42. The van der Waals surface area contributed by atoms with Crippen LogP contribution in [0.1, 0.15) is 6.92 Å². The van der Waals surface area contributed by atoms with Crippen molar-refractivity contribution in [3.63, 3.8) is 0 Å². The van der Waals surface area contributed by atoms with Gasteiger partial charge in [0.1, 0.15) is 0 Å². The first-order valence-corrected chi connectivity index (χ1v) is 4.84. The van der Waals surface area contributed by atoms with Crippen molar-refractivity contribution in [2.45, 2.75) is 6.92 Å². The molecule has 1 aliphatic rings. The summed E-state index contributed by atoms with van der Waals surface area (Å²) in [7, 11) is 2.14. The Morgan fingerprint density at radius 2 is 1.92 bits per heavy atom. The van der Waals surface area contributed by atoms with Crippen LogP contribution in [-0.4, -0.2) is 55.4 Å². The number of rotatable bonds is 3. The second-order valence-electron chi connectivity index (χ2n) is 3.96. The Morgan fingerprint density at radius 1 is 1.38 bits per heavy atom. The molecule has 0 aromatic carbocycles. The molecule has 4 nitrogen and oxygen atoms in total. The molecule has 1 atom stereocenters.